The maximum absolute atomic E-state index is 9.32. The highest BCUT2D eigenvalue weighted by Gasteiger charge is 2.00. The Balaban J connectivity index is 2.36. The van der Waals surface area contributed by atoms with Gasteiger partial charge in [0.2, 0.25) is 0 Å². The number of rotatable bonds is 6. The molecule has 3 heteroatoms. The van der Waals surface area contributed by atoms with Crippen LogP contribution in [0.15, 0.2) is 24.3 Å². The van der Waals surface area contributed by atoms with Crippen LogP contribution in [-0.2, 0) is 0 Å². The summed E-state index contributed by atoms with van der Waals surface area (Å²) in [5.74, 6) is 2.01. The first-order valence-electron chi connectivity index (χ1n) is 5.14. The van der Waals surface area contributed by atoms with Crippen LogP contribution in [0.4, 0.5) is 0 Å². The first-order chi connectivity index (χ1) is 7.24. The van der Waals surface area contributed by atoms with Gasteiger partial charge >= 0.3 is 0 Å². The summed E-state index contributed by atoms with van der Waals surface area (Å²) in [6.45, 7) is 2.52. The molecule has 0 heterocycles. The van der Waals surface area contributed by atoms with Crippen LogP contribution < -0.4 is 4.74 Å². The van der Waals surface area contributed by atoms with Gasteiger partial charge in [0.05, 0.1) is 12.7 Å². The molecular formula is C12H18O2S. The molecule has 0 saturated carbocycles. The van der Waals surface area contributed by atoms with E-state index in [4.69, 9.17) is 4.74 Å². The Bertz CT molecular complexity index is 269. The number of ether oxygens (including phenoxy) is 1. The van der Waals surface area contributed by atoms with E-state index in [9.17, 15) is 5.11 Å². The highest BCUT2D eigenvalue weighted by atomic mass is 32.2. The molecule has 0 unspecified atom stereocenters. The normalized spacial score (nSPS) is 12.5. The van der Waals surface area contributed by atoms with Crippen LogP contribution in [0.3, 0.4) is 0 Å². The Morgan fingerprint density at radius 3 is 2.53 bits per heavy atom. The molecule has 0 bridgehead atoms. The average Bonchev–Trinajstić information content (AvgIpc) is 2.25. The third-order valence-electron chi connectivity index (χ3n) is 2.12. The fraction of sp³-hybridized carbons (Fsp3) is 0.500. The summed E-state index contributed by atoms with van der Waals surface area (Å²) in [5.41, 5.74) is 0.923. The maximum Gasteiger partial charge on any atom is 0.119 e. The van der Waals surface area contributed by atoms with Gasteiger partial charge in [-0.3, -0.25) is 0 Å². The molecule has 1 aromatic carbocycles. The lowest BCUT2D eigenvalue weighted by atomic mass is 10.1. The Hall–Kier alpha value is -0.670. The zero-order valence-electron chi connectivity index (χ0n) is 9.27. The fourth-order valence-corrected chi connectivity index (χ4v) is 1.64. The lowest BCUT2D eigenvalue weighted by Crippen LogP contribution is -1.99. The van der Waals surface area contributed by atoms with Crippen molar-refractivity contribution in [2.75, 3.05) is 18.6 Å². The lowest BCUT2D eigenvalue weighted by molar-refractivity contribution is 0.199. The molecule has 2 nitrogen and oxygen atoms in total. The SMILES string of the molecule is CSCCCOc1ccc([C@@H](C)O)cc1. The number of hydrogen-bond acceptors (Lipinski definition) is 3. The maximum atomic E-state index is 9.32. The molecule has 1 rings (SSSR count). The number of aliphatic hydroxyl groups is 1. The van der Waals surface area contributed by atoms with E-state index < -0.39 is 6.10 Å². The molecule has 1 atom stereocenters. The third-order valence-corrected chi connectivity index (χ3v) is 2.82. The predicted molar refractivity (Wildman–Crippen MR) is 65.6 cm³/mol. The summed E-state index contributed by atoms with van der Waals surface area (Å²) in [5, 5.41) is 9.32. The Morgan fingerprint density at radius 1 is 1.33 bits per heavy atom. The fourth-order valence-electron chi connectivity index (χ4n) is 1.24. The third kappa shape index (κ3) is 4.58. The van der Waals surface area contributed by atoms with Gasteiger partial charge in [-0.2, -0.15) is 11.8 Å². The molecule has 1 aromatic rings. The topological polar surface area (TPSA) is 29.5 Å². The van der Waals surface area contributed by atoms with Gasteiger partial charge in [0.25, 0.3) is 0 Å². The lowest BCUT2D eigenvalue weighted by Gasteiger charge is -2.08. The largest absolute Gasteiger partial charge is 0.494 e. The van der Waals surface area contributed by atoms with Gasteiger partial charge < -0.3 is 9.84 Å². The summed E-state index contributed by atoms with van der Waals surface area (Å²) in [4.78, 5) is 0. The van der Waals surface area contributed by atoms with Crippen molar-refractivity contribution in [2.45, 2.75) is 19.4 Å². The van der Waals surface area contributed by atoms with E-state index in [1.54, 1.807) is 6.92 Å². The quantitative estimate of drug-likeness (QED) is 0.756. The Kier molecular flexibility index (Phi) is 5.58. The monoisotopic (exact) mass is 226 g/mol. The van der Waals surface area contributed by atoms with Crippen LogP contribution in [-0.4, -0.2) is 23.7 Å². The van der Waals surface area contributed by atoms with Gasteiger partial charge in [-0.25, -0.2) is 0 Å². The molecule has 84 valence electrons. The standard InChI is InChI=1S/C12H18O2S/c1-10(13)11-4-6-12(7-5-11)14-8-3-9-15-2/h4-7,10,13H,3,8-9H2,1-2H3/t10-/m1/s1. The highest BCUT2D eigenvalue weighted by Crippen LogP contribution is 2.17. The molecule has 0 aromatic heterocycles. The first kappa shape index (κ1) is 12.4. The zero-order valence-corrected chi connectivity index (χ0v) is 10.1. The molecule has 0 amide bonds. The van der Waals surface area contributed by atoms with E-state index in [1.165, 1.54) is 0 Å². The van der Waals surface area contributed by atoms with E-state index in [0.29, 0.717) is 0 Å². The summed E-state index contributed by atoms with van der Waals surface area (Å²) < 4.78 is 5.55. The predicted octanol–water partition coefficient (Wildman–Crippen LogP) is 2.87. The van der Waals surface area contributed by atoms with Gasteiger partial charge in [-0.05, 0) is 43.0 Å². The van der Waals surface area contributed by atoms with Crippen LogP contribution in [0, 0.1) is 0 Å². The van der Waals surface area contributed by atoms with Crippen LogP contribution in [0.2, 0.25) is 0 Å². The van der Waals surface area contributed by atoms with Crippen LogP contribution >= 0.6 is 11.8 Å². The van der Waals surface area contributed by atoms with Crippen molar-refractivity contribution in [3.63, 3.8) is 0 Å². The Morgan fingerprint density at radius 2 is 2.00 bits per heavy atom. The second kappa shape index (κ2) is 6.75. The van der Waals surface area contributed by atoms with Gasteiger partial charge in [-0.15, -0.1) is 0 Å². The minimum Gasteiger partial charge on any atom is -0.494 e. The molecule has 0 fully saturated rings. The van der Waals surface area contributed by atoms with Gasteiger partial charge in [0, 0.05) is 0 Å². The molecule has 0 spiro atoms. The van der Waals surface area contributed by atoms with Gasteiger partial charge in [0.15, 0.2) is 0 Å². The second-order valence-electron chi connectivity index (χ2n) is 3.44. The summed E-state index contributed by atoms with van der Waals surface area (Å²) >= 11 is 1.83. The summed E-state index contributed by atoms with van der Waals surface area (Å²) in [6, 6.07) is 7.60. The second-order valence-corrected chi connectivity index (χ2v) is 4.43. The summed E-state index contributed by atoms with van der Waals surface area (Å²) in [6.07, 6.45) is 2.76. The van der Waals surface area contributed by atoms with Crippen LogP contribution in [0.25, 0.3) is 0 Å². The number of aliphatic hydroxyl groups excluding tert-OH is 1. The first-order valence-corrected chi connectivity index (χ1v) is 6.53. The van der Waals surface area contributed by atoms with E-state index in [0.717, 1.165) is 30.1 Å². The van der Waals surface area contributed by atoms with Crippen molar-refractivity contribution in [3.8, 4) is 5.75 Å². The van der Waals surface area contributed by atoms with Crippen molar-refractivity contribution in [2.24, 2.45) is 0 Å². The van der Waals surface area contributed by atoms with E-state index in [2.05, 4.69) is 6.26 Å². The van der Waals surface area contributed by atoms with Gasteiger partial charge in [-0.1, -0.05) is 12.1 Å². The molecule has 0 radical (unpaired) electrons. The molecular weight excluding hydrogens is 208 g/mol. The van der Waals surface area contributed by atoms with E-state index in [1.807, 2.05) is 36.0 Å². The molecule has 0 aliphatic rings. The molecule has 0 saturated heterocycles. The molecule has 15 heavy (non-hydrogen) atoms. The van der Waals surface area contributed by atoms with Crippen molar-refractivity contribution in [1.29, 1.82) is 0 Å². The zero-order chi connectivity index (χ0) is 11.1. The molecule has 0 aliphatic carbocycles. The average molecular weight is 226 g/mol. The van der Waals surface area contributed by atoms with E-state index >= 15 is 0 Å². The van der Waals surface area contributed by atoms with Crippen LogP contribution in [0.1, 0.15) is 25.0 Å². The van der Waals surface area contributed by atoms with Crippen molar-refractivity contribution in [1.82, 2.24) is 0 Å². The number of thioether (sulfide) groups is 1. The van der Waals surface area contributed by atoms with E-state index in [-0.39, 0.29) is 0 Å². The minimum absolute atomic E-state index is 0.407. The minimum atomic E-state index is -0.407. The van der Waals surface area contributed by atoms with Crippen LogP contribution in [0.5, 0.6) is 5.75 Å². The smallest absolute Gasteiger partial charge is 0.119 e. The Labute approximate surface area is 95.7 Å². The van der Waals surface area contributed by atoms with Crippen molar-refractivity contribution < 1.29 is 9.84 Å². The van der Waals surface area contributed by atoms with Crippen molar-refractivity contribution in [3.05, 3.63) is 29.8 Å². The summed E-state index contributed by atoms with van der Waals surface area (Å²) in [7, 11) is 0. The number of benzene rings is 1. The molecule has 0 aliphatic heterocycles. The molecule has 1 N–H and O–H groups in total. The highest BCUT2D eigenvalue weighted by molar-refractivity contribution is 7.98. The van der Waals surface area contributed by atoms with Crippen molar-refractivity contribution >= 4 is 11.8 Å². The van der Waals surface area contributed by atoms with Gasteiger partial charge in [0.1, 0.15) is 5.75 Å². The number of hydrogen-bond donors (Lipinski definition) is 1.